The number of likely N-dealkylation sites (tertiary alicyclic amines) is 1. The van der Waals surface area contributed by atoms with E-state index in [4.69, 9.17) is 0 Å². The molecule has 140 valence electrons. The molecule has 4 nitrogen and oxygen atoms in total. The van der Waals surface area contributed by atoms with E-state index in [0.717, 1.165) is 11.1 Å². The van der Waals surface area contributed by atoms with Gasteiger partial charge >= 0.3 is 0 Å². The van der Waals surface area contributed by atoms with Crippen LogP contribution in [0, 0.1) is 0 Å². The Hall–Kier alpha value is -1.41. The lowest BCUT2D eigenvalue weighted by atomic mass is 9.94. The molecule has 7 heteroatoms. The Morgan fingerprint density at radius 3 is 1.96 bits per heavy atom. The van der Waals surface area contributed by atoms with Gasteiger partial charge in [0.1, 0.15) is 11.5 Å². The highest BCUT2D eigenvalue weighted by atomic mass is 79.9. The van der Waals surface area contributed by atoms with Gasteiger partial charge in [0.15, 0.2) is 5.78 Å². The SMILES string of the molecule is CN1C/C(=C\c2ccc(O)c(Br)c2)C(=O)/C(=C/c2cc(Br)c(O)c(Br)c2)C1. The van der Waals surface area contributed by atoms with Crippen molar-refractivity contribution in [3.63, 3.8) is 0 Å². The number of Topliss-reactive ketones (excluding diaryl/α,β-unsaturated/α-hetero) is 1. The number of ketones is 1. The van der Waals surface area contributed by atoms with Gasteiger partial charge in [-0.3, -0.25) is 9.69 Å². The van der Waals surface area contributed by atoms with Crippen LogP contribution in [0.2, 0.25) is 0 Å². The third kappa shape index (κ3) is 4.71. The van der Waals surface area contributed by atoms with Crippen molar-refractivity contribution in [2.45, 2.75) is 0 Å². The molecule has 3 rings (SSSR count). The van der Waals surface area contributed by atoms with Crippen LogP contribution in [0.25, 0.3) is 12.2 Å². The van der Waals surface area contributed by atoms with Gasteiger partial charge < -0.3 is 10.2 Å². The highest BCUT2D eigenvalue weighted by molar-refractivity contribution is 9.11. The number of carbonyl (C=O) groups is 1. The van der Waals surface area contributed by atoms with Gasteiger partial charge in [-0.05, 0) is 102 Å². The van der Waals surface area contributed by atoms with Crippen LogP contribution in [0.15, 0.2) is 54.9 Å². The van der Waals surface area contributed by atoms with E-state index in [2.05, 4.69) is 52.7 Å². The molecule has 27 heavy (non-hydrogen) atoms. The van der Waals surface area contributed by atoms with Crippen LogP contribution in [-0.4, -0.2) is 41.0 Å². The summed E-state index contributed by atoms with van der Waals surface area (Å²) in [6.07, 6.45) is 3.69. The fourth-order valence-electron chi connectivity index (χ4n) is 2.89. The van der Waals surface area contributed by atoms with Crippen molar-refractivity contribution in [2.24, 2.45) is 0 Å². The van der Waals surface area contributed by atoms with Crippen molar-refractivity contribution in [3.05, 3.63) is 66.0 Å². The zero-order chi connectivity index (χ0) is 19.7. The van der Waals surface area contributed by atoms with Crippen LogP contribution in [0.1, 0.15) is 11.1 Å². The van der Waals surface area contributed by atoms with Crippen LogP contribution in [-0.2, 0) is 4.79 Å². The fraction of sp³-hybridized carbons (Fsp3) is 0.150. The summed E-state index contributed by atoms with van der Waals surface area (Å²) in [6.45, 7) is 1.10. The molecular formula is C20H16Br3NO3. The molecule has 0 amide bonds. The molecule has 2 aromatic rings. The molecule has 1 saturated heterocycles. The smallest absolute Gasteiger partial charge is 0.187 e. The lowest BCUT2D eigenvalue weighted by Gasteiger charge is -2.26. The number of rotatable bonds is 2. The summed E-state index contributed by atoms with van der Waals surface area (Å²) in [7, 11) is 1.96. The van der Waals surface area contributed by atoms with E-state index in [-0.39, 0.29) is 17.3 Å². The molecule has 2 N–H and O–H groups in total. The maximum atomic E-state index is 13.0. The molecule has 0 radical (unpaired) electrons. The standard InChI is InChI=1S/C20H16Br3NO3/c1-24-9-13(4-11-2-3-18(25)15(21)6-11)19(26)14(10-24)5-12-7-16(22)20(27)17(23)8-12/h2-8,25,27H,9-10H2,1H3/b13-4+,14-5+. The van der Waals surface area contributed by atoms with E-state index in [1.807, 2.05) is 19.2 Å². The quantitative estimate of drug-likeness (QED) is 0.488. The minimum atomic E-state index is -0.00221. The largest absolute Gasteiger partial charge is 0.507 e. The highest BCUT2D eigenvalue weighted by Crippen LogP contribution is 2.34. The van der Waals surface area contributed by atoms with E-state index in [9.17, 15) is 15.0 Å². The number of hydrogen-bond donors (Lipinski definition) is 2. The van der Waals surface area contributed by atoms with Gasteiger partial charge in [-0.2, -0.15) is 0 Å². The fourth-order valence-corrected chi connectivity index (χ4v) is 4.51. The van der Waals surface area contributed by atoms with Crippen LogP contribution in [0.3, 0.4) is 0 Å². The first kappa shape index (κ1) is 20.3. The maximum absolute atomic E-state index is 13.0. The molecule has 1 aliphatic rings. The second-order valence-corrected chi connectivity index (χ2v) is 8.95. The lowest BCUT2D eigenvalue weighted by Crippen LogP contribution is -2.34. The van der Waals surface area contributed by atoms with E-state index >= 15 is 0 Å². The first-order valence-corrected chi connectivity index (χ1v) is 10.4. The second kappa shape index (κ2) is 8.31. The molecule has 0 unspecified atom stereocenters. The Morgan fingerprint density at radius 2 is 1.41 bits per heavy atom. The summed E-state index contributed by atoms with van der Waals surface area (Å²) >= 11 is 9.93. The number of aromatic hydroxyl groups is 2. The summed E-state index contributed by atoms with van der Waals surface area (Å²) < 4.78 is 1.71. The van der Waals surface area contributed by atoms with Crippen LogP contribution >= 0.6 is 47.8 Å². The summed E-state index contributed by atoms with van der Waals surface area (Å²) in [5.41, 5.74) is 3.02. The molecule has 1 fully saturated rings. The van der Waals surface area contributed by atoms with Gasteiger partial charge in [0.2, 0.25) is 0 Å². The van der Waals surface area contributed by atoms with E-state index in [1.54, 1.807) is 30.3 Å². The summed E-state index contributed by atoms with van der Waals surface area (Å²) in [4.78, 5) is 15.0. The number of nitrogens with zero attached hydrogens (tertiary/aromatic N) is 1. The van der Waals surface area contributed by atoms with Crippen LogP contribution < -0.4 is 0 Å². The van der Waals surface area contributed by atoms with Gasteiger partial charge in [-0.1, -0.05) is 6.07 Å². The number of likely N-dealkylation sites (N-methyl/N-ethyl adjacent to an activating group) is 1. The number of phenols is 2. The molecule has 1 aliphatic heterocycles. The van der Waals surface area contributed by atoms with E-state index in [1.165, 1.54) is 0 Å². The average molecular weight is 558 g/mol. The van der Waals surface area contributed by atoms with Gasteiger partial charge in [0.25, 0.3) is 0 Å². The van der Waals surface area contributed by atoms with Crippen molar-refractivity contribution >= 4 is 65.7 Å². The minimum Gasteiger partial charge on any atom is -0.507 e. The highest BCUT2D eigenvalue weighted by Gasteiger charge is 2.24. The maximum Gasteiger partial charge on any atom is 0.187 e. The van der Waals surface area contributed by atoms with Gasteiger partial charge in [0, 0.05) is 24.2 Å². The van der Waals surface area contributed by atoms with Crippen LogP contribution in [0.4, 0.5) is 0 Å². The van der Waals surface area contributed by atoms with Gasteiger partial charge in [-0.15, -0.1) is 0 Å². The van der Waals surface area contributed by atoms with Gasteiger partial charge in [0.05, 0.1) is 13.4 Å². The number of piperidine rings is 1. The molecule has 0 atom stereocenters. The zero-order valence-electron chi connectivity index (χ0n) is 14.3. The number of halogens is 3. The first-order valence-electron chi connectivity index (χ1n) is 8.05. The van der Waals surface area contributed by atoms with Crippen molar-refractivity contribution in [3.8, 4) is 11.5 Å². The topological polar surface area (TPSA) is 60.8 Å². The predicted octanol–water partition coefficient (Wildman–Crippen LogP) is 5.37. The van der Waals surface area contributed by atoms with Gasteiger partial charge in [-0.25, -0.2) is 0 Å². The zero-order valence-corrected chi connectivity index (χ0v) is 19.1. The van der Waals surface area contributed by atoms with Crippen molar-refractivity contribution in [2.75, 3.05) is 20.1 Å². The average Bonchev–Trinajstić information content (AvgIpc) is 2.60. The Balaban J connectivity index is 1.97. The van der Waals surface area contributed by atoms with Crippen LogP contribution in [0.5, 0.6) is 11.5 Å². The summed E-state index contributed by atoms with van der Waals surface area (Å²) in [5.74, 6) is 0.286. The number of carbonyl (C=O) groups excluding carboxylic acids is 1. The number of benzene rings is 2. The Bertz CT molecular complexity index is 959. The summed E-state index contributed by atoms with van der Waals surface area (Å²) in [6, 6.07) is 8.69. The molecule has 0 bridgehead atoms. The molecular weight excluding hydrogens is 542 g/mol. The Kier molecular flexibility index (Phi) is 6.25. The molecule has 0 spiro atoms. The molecule has 0 saturated carbocycles. The van der Waals surface area contributed by atoms with Crippen molar-refractivity contribution in [1.82, 2.24) is 4.90 Å². The Labute approximate surface area is 182 Å². The monoisotopic (exact) mass is 555 g/mol. The number of hydrogen-bond acceptors (Lipinski definition) is 4. The van der Waals surface area contributed by atoms with Crippen molar-refractivity contribution in [1.29, 1.82) is 0 Å². The normalized spacial score (nSPS) is 18.4. The minimum absolute atomic E-state index is 0.00221. The molecule has 0 aromatic heterocycles. The third-order valence-electron chi connectivity index (χ3n) is 4.16. The first-order chi connectivity index (χ1) is 12.7. The molecule has 2 aromatic carbocycles. The van der Waals surface area contributed by atoms with Crippen molar-refractivity contribution < 1.29 is 15.0 Å². The Morgan fingerprint density at radius 1 is 0.889 bits per heavy atom. The number of phenolic OH excluding ortho intramolecular Hbond substituents is 2. The second-order valence-electron chi connectivity index (χ2n) is 6.38. The predicted molar refractivity (Wildman–Crippen MR) is 118 cm³/mol. The summed E-state index contributed by atoms with van der Waals surface area (Å²) in [5, 5.41) is 19.5. The third-order valence-corrected chi connectivity index (χ3v) is 6.00. The lowest BCUT2D eigenvalue weighted by molar-refractivity contribution is -0.113. The molecule has 0 aliphatic carbocycles. The molecule has 1 heterocycles. The van der Waals surface area contributed by atoms with E-state index in [0.29, 0.717) is 37.7 Å². The van der Waals surface area contributed by atoms with E-state index < -0.39 is 0 Å².